The second-order valence-corrected chi connectivity index (χ2v) is 4.92. The predicted octanol–water partition coefficient (Wildman–Crippen LogP) is 2.15. The molecule has 1 N–H and O–H groups in total. The topological polar surface area (TPSA) is 68.1 Å². The average molecular weight is 239 g/mol. The Morgan fingerprint density at radius 1 is 1.69 bits per heavy atom. The van der Waals surface area contributed by atoms with E-state index in [9.17, 15) is 10.1 Å². The molecule has 1 atom stereocenters. The summed E-state index contributed by atoms with van der Waals surface area (Å²) in [6.07, 6.45) is 2.68. The lowest BCUT2D eigenvalue weighted by Crippen LogP contribution is -2.14. The van der Waals surface area contributed by atoms with Crippen LogP contribution in [0.4, 0.5) is 11.5 Å². The third-order valence-corrected chi connectivity index (χ3v) is 3.78. The third-order valence-electron chi connectivity index (χ3n) is 2.55. The molecule has 0 amide bonds. The number of rotatable bonds is 4. The van der Waals surface area contributed by atoms with E-state index >= 15 is 0 Å². The van der Waals surface area contributed by atoms with E-state index in [1.54, 1.807) is 0 Å². The fourth-order valence-electron chi connectivity index (χ4n) is 1.62. The van der Waals surface area contributed by atoms with E-state index in [0.29, 0.717) is 11.7 Å². The summed E-state index contributed by atoms with van der Waals surface area (Å²) in [4.78, 5) is 14.2. The molecule has 1 saturated heterocycles. The standard InChI is InChI=1S/C10H13N3O2S/c14-13(15)9-1-3-11-10(5-9)12-6-8-2-4-16-7-8/h1,3,5,8H,2,4,6-7H2,(H,11,12). The Kier molecular flexibility index (Phi) is 3.61. The monoisotopic (exact) mass is 239 g/mol. The van der Waals surface area contributed by atoms with E-state index in [0.717, 1.165) is 6.54 Å². The van der Waals surface area contributed by atoms with Crippen molar-refractivity contribution in [3.63, 3.8) is 0 Å². The predicted molar refractivity (Wildman–Crippen MR) is 64.8 cm³/mol. The summed E-state index contributed by atoms with van der Waals surface area (Å²) in [6.45, 7) is 0.848. The number of pyridine rings is 1. The Morgan fingerprint density at radius 2 is 2.56 bits per heavy atom. The van der Waals surface area contributed by atoms with Crippen molar-refractivity contribution in [3.05, 3.63) is 28.4 Å². The van der Waals surface area contributed by atoms with Gasteiger partial charge in [0.1, 0.15) is 5.82 Å². The van der Waals surface area contributed by atoms with Gasteiger partial charge in [-0.3, -0.25) is 10.1 Å². The first-order chi connectivity index (χ1) is 7.75. The molecule has 0 saturated carbocycles. The molecule has 6 heteroatoms. The minimum atomic E-state index is -0.404. The van der Waals surface area contributed by atoms with Crippen LogP contribution in [0.3, 0.4) is 0 Å². The van der Waals surface area contributed by atoms with Crippen LogP contribution in [0.1, 0.15) is 6.42 Å². The van der Waals surface area contributed by atoms with Crippen molar-refractivity contribution in [3.8, 4) is 0 Å². The second-order valence-electron chi connectivity index (χ2n) is 3.77. The van der Waals surface area contributed by atoms with Crippen LogP contribution in [0.25, 0.3) is 0 Å². The molecule has 86 valence electrons. The largest absolute Gasteiger partial charge is 0.370 e. The summed E-state index contributed by atoms with van der Waals surface area (Å²) in [5.41, 5.74) is 0.0818. The number of nitrogens with one attached hydrogen (secondary N) is 1. The zero-order valence-corrected chi connectivity index (χ0v) is 9.57. The number of hydrogen-bond donors (Lipinski definition) is 1. The summed E-state index contributed by atoms with van der Waals surface area (Å²) in [6, 6.07) is 2.87. The zero-order valence-electron chi connectivity index (χ0n) is 8.76. The lowest BCUT2D eigenvalue weighted by Gasteiger charge is -2.09. The minimum absolute atomic E-state index is 0.0818. The van der Waals surface area contributed by atoms with Crippen molar-refractivity contribution >= 4 is 23.3 Å². The molecule has 0 aliphatic carbocycles. The quantitative estimate of drug-likeness (QED) is 0.644. The molecular weight excluding hydrogens is 226 g/mol. The number of aromatic nitrogens is 1. The minimum Gasteiger partial charge on any atom is -0.370 e. The van der Waals surface area contributed by atoms with Gasteiger partial charge in [0.2, 0.25) is 0 Å². The van der Waals surface area contributed by atoms with Gasteiger partial charge in [0.15, 0.2) is 0 Å². The van der Waals surface area contributed by atoms with Gasteiger partial charge in [0.05, 0.1) is 11.0 Å². The highest BCUT2D eigenvalue weighted by molar-refractivity contribution is 7.99. The molecule has 0 spiro atoms. The van der Waals surface area contributed by atoms with Gasteiger partial charge in [0.25, 0.3) is 5.69 Å². The SMILES string of the molecule is O=[N+]([O-])c1ccnc(NCC2CCSC2)c1. The molecule has 1 aliphatic rings. The Labute approximate surface area is 97.8 Å². The number of nitrogens with zero attached hydrogens (tertiary/aromatic N) is 2. The molecule has 0 radical (unpaired) electrons. The van der Waals surface area contributed by atoms with E-state index in [2.05, 4.69) is 10.3 Å². The van der Waals surface area contributed by atoms with Gasteiger partial charge in [-0.25, -0.2) is 4.98 Å². The molecule has 0 aromatic carbocycles. The first kappa shape index (κ1) is 11.2. The lowest BCUT2D eigenvalue weighted by molar-refractivity contribution is -0.384. The Bertz CT molecular complexity index is 380. The van der Waals surface area contributed by atoms with Crippen LogP contribution in [-0.4, -0.2) is 28.0 Å². The molecule has 2 rings (SSSR count). The van der Waals surface area contributed by atoms with Crippen LogP contribution in [0.15, 0.2) is 18.3 Å². The van der Waals surface area contributed by atoms with Gasteiger partial charge in [0, 0.05) is 18.8 Å². The normalized spacial score (nSPS) is 19.6. The molecule has 5 nitrogen and oxygen atoms in total. The van der Waals surface area contributed by atoms with Crippen LogP contribution in [0.5, 0.6) is 0 Å². The molecule has 1 fully saturated rings. The molecule has 1 unspecified atom stereocenters. The highest BCUT2D eigenvalue weighted by atomic mass is 32.2. The van der Waals surface area contributed by atoms with E-state index < -0.39 is 4.92 Å². The van der Waals surface area contributed by atoms with Gasteiger partial charge in [-0.15, -0.1) is 0 Å². The van der Waals surface area contributed by atoms with Crippen molar-refractivity contribution < 1.29 is 4.92 Å². The van der Waals surface area contributed by atoms with Crippen LogP contribution >= 0.6 is 11.8 Å². The Morgan fingerprint density at radius 3 is 3.25 bits per heavy atom. The maximum Gasteiger partial charge on any atom is 0.274 e. The van der Waals surface area contributed by atoms with Crippen molar-refractivity contribution in [2.24, 2.45) is 5.92 Å². The highest BCUT2D eigenvalue weighted by Crippen LogP contribution is 2.23. The highest BCUT2D eigenvalue weighted by Gasteiger charge is 2.15. The number of anilines is 1. The fourth-order valence-corrected chi connectivity index (χ4v) is 2.91. The van der Waals surface area contributed by atoms with Crippen molar-refractivity contribution in [2.75, 3.05) is 23.4 Å². The van der Waals surface area contributed by atoms with Crippen LogP contribution in [0, 0.1) is 16.0 Å². The number of nitro groups is 1. The van der Waals surface area contributed by atoms with E-state index in [1.165, 1.54) is 36.3 Å². The summed E-state index contributed by atoms with van der Waals surface area (Å²) < 4.78 is 0. The van der Waals surface area contributed by atoms with Gasteiger partial charge >= 0.3 is 0 Å². The summed E-state index contributed by atoms with van der Waals surface area (Å²) >= 11 is 1.96. The Hall–Kier alpha value is -1.30. The molecular formula is C10H13N3O2S. The molecule has 16 heavy (non-hydrogen) atoms. The summed E-state index contributed by atoms with van der Waals surface area (Å²) in [5.74, 6) is 3.63. The van der Waals surface area contributed by atoms with Crippen molar-refractivity contribution in [2.45, 2.75) is 6.42 Å². The van der Waals surface area contributed by atoms with Gasteiger partial charge in [-0.2, -0.15) is 11.8 Å². The lowest BCUT2D eigenvalue weighted by atomic mass is 10.1. The first-order valence-corrected chi connectivity index (χ1v) is 6.33. The van der Waals surface area contributed by atoms with E-state index in [1.807, 2.05) is 11.8 Å². The average Bonchev–Trinajstić information content (AvgIpc) is 2.79. The van der Waals surface area contributed by atoms with E-state index in [-0.39, 0.29) is 5.69 Å². The maximum atomic E-state index is 10.6. The molecule has 1 aliphatic heterocycles. The number of thioether (sulfide) groups is 1. The van der Waals surface area contributed by atoms with Gasteiger partial charge in [-0.1, -0.05) is 0 Å². The van der Waals surface area contributed by atoms with Gasteiger partial charge < -0.3 is 5.32 Å². The summed E-state index contributed by atoms with van der Waals surface area (Å²) in [7, 11) is 0. The Balaban J connectivity index is 1.93. The summed E-state index contributed by atoms with van der Waals surface area (Å²) in [5, 5.41) is 13.7. The molecule has 0 bridgehead atoms. The van der Waals surface area contributed by atoms with Gasteiger partial charge in [-0.05, 0) is 23.8 Å². The molecule has 1 aromatic heterocycles. The second kappa shape index (κ2) is 5.16. The smallest absolute Gasteiger partial charge is 0.274 e. The first-order valence-electron chi connectivity index (χ1n) is 5.18. The number of hydrogen-bond acceptors (Lipinski definition) is 5. The molecule has 2 heterocycles. The van der Waals surface area contributed by atoms with Crippen molar-refractivity contribution in [1.82, 2.24) is 4.98 Å². The van der Waals surface area contributed by atoms with Crippen LogP contribution in [-0.2, 0) is 0 Å². The van der Waals surface area contributed by atoms with Crippen molar-refractivity contribution in [1.29, 1.82) is 0 Å². The van der Waals surface area contributed by atoms with E-state index in [4.69, 9.17) is 0 Å². The molecule has 1 aromatic rings. The van der Waals surface area contributed by atoms with Crippen LogP contribution < -0.4 is 5.32 Å². The zero-order chi connectivity index (χ0) is 11.4. The third kappa shape index (κ3) is 2.85. The maximum absolute atomic E-state index is 10.6. The fraction of sp³-hybridized carbons (Fsp3) is 0.500. The van der Waals surface area contributed by atoms with Crippen LogP contribution in [0.2, 0.25) is 0 Å².